The van der Waals surface area contributed by atoms with Gasteiger partial charge in [0, 0.05) is 5.69 Å². The van der Waals surface area contributed by atoms with Crippen molar-refractivity contribution in [1.29, 1.82) is 5.41 Å². The molecule has 2 aliphatic heterocycles. The van der Waals surface area contributed by atoms with E-state index >= 15 is 0 Å². The van der Waals surface area contributed by atoms with Crippen LogP contribution < -0.4 is 10.2 Å². The van der Waals surface area contributed by atoms with Gasteiger partial charge in [-0.2, -0.15) is 0 Å². The Labute approximate surface area is 135 Å². The zero-order valence-electron chi connectivity index (χ0n) is 13.1. The molecule has 3 N–H and O–H groups in total. The van der Waals surface area contributed by atoms with Gasteiger partial charge in [0.05, 0.1) is 19.0 Å². The van der Waals surface area contributed by atoms with Crippen LogP contribution in [0.3, 0.4) is 0 Å². The van der Waals surface area contributed by atoms with Crippen molar-refractivity contribution in [2.45, 2.75) is 25.2 Å². The highest BCUT2D eigenvalue weighted by molar-refractivity contribution is 6.39. The zero-order chi connectivity index (χ0) is 16.2. The van der Waals surface area contributed by atoms with Gasteiger partial charge in [-0.15, -0.1) is 0 Å². The summed E-state index contributed by atoms with van der Waals surface area (Å²) in [7, 11) is 0. The highest BCUT2D eigenvalue weighted by Crippen LogP contribution is 2.29. The summed E-state index contributed by atoms with van der Waals surface area (Å²) in [4.78, 5) is 25.0. The number of piperidine rings is 1. The molecule has 1 amide bonds. The Morgan fingerprint density at radius 3 is 2.70 bits per heavy atom. The molecule has 0 saturated carbocycles. The summed E-state index contributed by atoms with van der Waals surface area (Å²) in [6.07, 6.45) is 3.61. The fraction of sp³-hybridized carbons (Fsp3) is 0.471. The first-order valence-electron chi connectivity index (χ1n) is 8.13. The number of hydrogen-bond acceptors (Lipinski definition) is 4. The highest BCUT2D eigenvalue weighted by Gasteiger charge is 2.33. The molecular weight excluding hydrogens is 294 g/mol. The number of ether oxygens (including phenoxy) is 1. The maximum absolute atomic E-state index is 12.3. The van der Waals surface area contributed by atoms with E-state index in [4.69, 9.17) is 10.1 Å². The van der Waals surface area contributed by atoms with Gasteiger partial charge in [-0.25, -0.2) is 4.79 Å². The van der Waals surface area contributed by atoms with Crippen LogP contribution in [0.5, 0.6) is 0 Å². The SMILES string of the molecule is N=C1C(=O)OC[C@@H]1c1ccccc1NC(=O)C[NH+]1CCCCC1. The van der Waals surface area contributed by atoms with E-state index in [2.05, 4.69) is 5.32 Å². The Balaban J connectivity index is 1.69. The topological polar surface area (TPSA) is 83.7 Å². The Morgan fingerprint density at radius 2 is 2.00 bits per heavy atom. The molecule has 6 heteroatoms. The van der Waals surface area contributed by atoms with Crippen molar-refractivity contribution < 1.29 is 19.2 Å². The Bertz CT molecular complexity index is 623. The maximum atomic E-state index is 12.3. The van der Waals surface area contributed by atoms with Crippen molar-refractivity contribution in [2.24, 2.45) is 0 Å². The molecule has 0 aromatic heterocycles. The summed E-state index contributed by atoms with van der Waals surface area (Å²) in [5.74, 6) is -0.999. The summed E-state index contributed by atoms with van der Waals surface area (Å²) in [6.45, 7) is 2.73. The Hall–Kier alpha value is -2.21. The summed E-state index contributed by atoms with van der Waals surface area (Å²) in [5, 5.41) is 10.8. The van der Waals surface area contributed by atoms with Crippen LogP contribution >= 0.6 is 0 Å². The number of likely N-dealkylation sites (tertiary alicyclic amines) is 1. The lowest BCUT2D eigenvalue weighted by atomic mass is 9.95. The molecule has 6 nitrogen and oxygen atoms in total. The van der Waals surface area contributed by atoms with Crippen molar-refractivity contribution in [3.63, 3.8) is 0 Å². The molecule has 1 atom stereocenters. The van der Waals surface area contributed by atoms with Gasteiger partial charge in [0.25, 0.3) is 5.91 Å². The second-order valence-corrected chi connectivity index (χ2v) is 6.19. The molecule has 0 aliphatic carbocycles. The fourth-order valence-electron chi connectivity index (χ4n) is 3.27. The third-order valence-corrected chi connectivity index (χ3v) is 4.53. The van der Waals surface area contributed by atoms with E-state index < -0.39 is 11.9 Å². The summed E-state index contributed by atoms with van der Waals surface area (Å²) >= 11 is 0. The first kappa shape index (κ1) is 15.7. The third kappa shape index (κ3) is 3.59. The first-order valence-corrected chi connectivity index (χ1v) is 8.13. The predicted octanol–water partition coefficient (Wildman–Crippen LogP) is 0.354. The lowest BCUT2D eigenvalue weighted by Gasteiger charge is -2.23. The third-order valence-electron chi connectivity index (χ3n) is 4.53. The monoisotopic (exact) mass is 316 g/mol. The highest BCUT2D eigenvalue weighted by atomic mass is 16.5. The minimum Gasteiger partial charge on any atom is -0.460 e. The van der Waals surface area contributed by atoms with Crippen molar-refractivity contribution in [2.75, 3.05) is 31.6 Å². The van der Waals surface area contributed by atoms with Crippen molar-refractivity contribution in [3.8, 4) is 0 Å². The van der Waals surface area contributed by atoms with E-state index in [1.165, 1.54) is 24.2 Å². The van der Waals surface area contributed by atoms with Gasteiger partial charge in [0.2, 0.25) is 0 Å². The smallest absolute Gasteiger partial charge is 0.352 e. The molecule has 2 saturated heterocycles. The number of anilines is 1. The molecule has 0 radical (unpaired) electrons. The second kappa shape index (κ2) is 6.91. The number of quaternary nitrogens is 1. The van der Waals surface area contributed by atoms with Gasteiger partial charge in [0.15, 0.2) is 6.54 Å². The number of esters is 1. The minimum absolute atomic E-state index is 0.0221. The van der Waals surface area contributed by atoms with E-state index in [1.54, 1.807) is 0 Å². The van der Waals surface area contributed by atoms with E-state index in [0.29, 0.717) is 12.2 Å². The minimum atomic E-state index is -0.575. The molecule has 122 valence electrons. The lowest BCUT2D eigenvalue weighted by molar-refractivity contribution is -0.896. The van der Waals surface area contributed by atoms with Gasteiger partial charge in [-0.05, 0) is 30.9 Å². The normalized spacial score (nSPS) is 22.0. The van der Waals surface area contributed by atoms with Crippen molar-refractivity contribution in [1.82, 2.24) is 0 Å². The van der Waals surface area contributed by atoms with Gasteiger partial charge >= 0.3 is 5.97 Å². The quantitative estimate of drug-likeness (QED) is 0.701. The average Bonchev–Trinajstić information content (AvgIpc) is 2.88. The Morgan fingerprint density at radius 1 is 1.26 bits per heavy atom. The number of benzene rings is 1. The molecule has 2 fully saturated rings. The molecule has 23 heavy (non-hydrogen) atoms. The van der Waals surface area contributed by atoms with Gasteiger partial charge in [-0.1, -0.05) is 18.2 Å². The molecule has 0 spiro atoms. The molecule has 0 bridgehead atoms. The molecule has 0 unspecified atom stereocenters. The second-order valence-electron chi connectivity index (χ2n) is 6.19. The predicted molar refractivity (Wildman–Crippen MR) is 85.9 cm³/mol. The van der Waals surface area contributed by atoms with Crippen LogP contribution in [0.1, 0.15) is 30.7 Å². The van der Waals surface area contributed by atoms with Gasteiger partial charge in [0.1, 0.15) is 12.3 Å². The van der Waals surface area contributed by atoms with Crippen LogP contribution in [0.4, 0.5) is 5.69 Å². The summed E-state index contributed by atoms with van der Waals surface area (Å²) < 4.78 is 4.93. The largest absolute Gasteiger partial charge is 0.460 e. The molecule has 2 aliphatic rings. The van der Waals surface area contributed by atoms with Gasteiger partial charge < -0.3 is 15.0 Å². The fourth-order valence-corrected chi connectivity index (χ4v) is 3.27. The summed E-state index contributed by atoms with van der Waals surface area (Å²) in [6, 6.07) is 7.34. The van der Waals surface area contributed by atoms with Crippen LogP contribution in [0.15, 0.2) is 24.3 Å². The molecule has 3 rings (SSSR count). The van der Waals surface area contributed by atoms with Crippen molar-refractivity contribution in [3.05, 3.63) is 29.8 Å². The van der Waals surface area contributed by atoms with Crippen LogP contribution in [-0.2, 0) is 14.3 Å². The van der Waals surface area contributed by atoms with E-state index in [9.17, 15) is 9.59 Å². The average molecular weight is 316 g/mol. The number of cyclic esters (lactones) is 1. The lowest BCUT2D eigenvalue weighted by Crippen LogP contribution is -3.13. The molecule has 1 aromatic carbocycles. The molecular formula is C17H22N3O3+. The van der Waals surface area contributed by atoms with E-state index in [-0.39, 0.29) is 18.2 Å². The number of amides is 1. The number of carbonyl (C=O) groups is 2. The van der Waals surface area contributed by atoms with Crippen LogP contribution in [-0.4, -0.2) is 43.8 Å². The first-order chi connectivity index (χ1) is 11.1. The standard InChI is InChI=1S/C17H21N3O3/c18-16-13(11-23-17(16)22)12-6-2-3-7-14(12)19-15(21)10-20-8-4-1-5-9-20/h2-3,6-7,13,18H,1,4-5,8-11H2,(H,19,21)/p+1/t13-/m1/s1. The van der Waals surface area contributed by atoms with Crippen LogP contribution in [0, 0.1) is 5.41 Å². The number of nitrogens with one attached hydrogen (secondary N) is 3. The maximum Gasteiger partial charge on any atom is 0.352 e. The van der Waals surface area contributed by atoms with Crippen molar-refractivity contribution >= 4 is 23.3 Å². The van der Waals surface area contributed by atoms with E-state index in [1.807, 2.05) is 24.3 Å². The zero-order valence-corrected chi connectivity index (χ0v) is 13.1. The summed E-state index contributed by atoms with van der Waals surface area (Å²) in [5.41, 5.74) is 1.39. The number of hydrogen-bond donors (Lipinski definition) is 3. The van der Waals surface area contributed by atoms with Gasteiger partial charge in [-0.3, -0.25) is 10.2 Å². The van der Waals surface area contributed by atoms with Crippen LogP contribution in [0.25, 0.3) is 0 Å². The number of rotatable bonds is 4. The van der Waals surface area contributed by atoms with Crippen LogP contribution in [0.2, 0.25) is 0 Å². The number of para-hydroxylation sites is 1. The molecule has 2 heterocycles. The molecule has 1 aromatic rings. The number of carbonyl (C=O) groups excluding carboxylic acids is 2. The van der Waals surface area contributed by atoms with E-state index in [0.717, 1.165) is 18.7 Å². The Kier molecular flexibility index (Phi) is 4.71.